The van der Waals surface area contributed by atoms with E-state index in [2.05, 4.69) is 92.6 Å². The molecule has 0 aliphatic rings. The lowest BCUT2D eigenvalue weighted by atomic mass is 9.69. The summed E-state index contributed by atoms with van der Waals surface area (Å²) in [5.74, 6) is -0.570. The van der Waals surface area contributed by atoms with Gasteiger partial charge in [0.05, 0.1) is 24.7 Å². The third-order valence-corrected chi connectivity index (χ3v) is 16.5. The van der Waals surface area contributed by atoms with Gasteiger partial charge in [0.1, 0.15) is 5.75 Å². The minimum absolute atomic E-state index is 0.0752. The molecule has 0 saturated carbocycles. The topological polar surface area (TPSA) is 110 Å². The van der Waals surface area contributed by atoms with E-state index in [4.69, 9.17) is 4.74 Å². The van der Waals surface area contributed by atoms with Crippen molar-refractivity contribution in [3.63, 3.8) is 0 Å². The molecular formula is C62H79F3O7S. The fraction of sp³-hybridized carbons (Fsp3) is 0.435. The summed E-state index contributed by atoms with van der Waals surface area (Å²) >= 11 is 0. The molecule has 0 aromatic heterocycles. The lowest BCUT2D eigenvalue weighted by molar-refractivity contribution is -0.139. The van der Waals surface area contributed by atoms with Gasteiger partial charge < -0.3 is 19.1 Å². The molecule has 0 spiro atoms. The Kier molecular flexibility index (Phi) is 20.7. The largest absolute Gasteiger partial charge is 0.534 e. The van der Waals surface area contributed by atoms with Crippen LogP contribution in [0.1, 0.15) is 168 Å². The zero-order chi connectivity index (χ0) is 54.6. The number of hydrogen-bond donors (Lipinski definition) is 2. The van der Waals surface area contributed by atoms with Crippen molar-refractivity contribution < 1.29 is 45.5 Å². The Morgan fingerprint density at radius 2 is 0.918 bits per heavy atom. The Labute approximate surface area is 434 Å². The van der Waals surface area contributed by atoms with E-state index in [1.54, 1.807) is 12.1 Å². The predicted octanol–water partition coefficient (Wildman–Crippen LogP) is 15.6. The number of benzene rings is 5. The van der Waals surface area contributed by atoms with Crippen LogP contribution in [0.3, 0.4) is 0 Å². The molecule has 2 N–H and O–H groups in total. The standard InChI is InChI=1S/C35H44O3.C27H35F3O4S/c1-8-34(37,9-2)21-20-28-16-17-30(22-25(28)5)35(10-3,11-4)31-18-19-32(26(6)23-31)29-14-12-27(13-15-29)24-33(36)38-7;1-7-25(31,8-2)16-15-21-11-12-22(17-19(21)5)26(9-3,10-4)23-13-14-24(20(6)18-23)34-35(32,33)27(28,29)30/h12-23,37H,8-11,24H2,1-7H3;11-18,31H,7-10H2,1-6H3/b21-20+;16-15+. The summed E-state index contributed by atoms with van der Waals surface area (Å²) < 4.78 is 70.3. The molecule has 0 atom stereocenters. The Bertz CT molecular complexity index is 2810. The number of aliphatic hydroxyl groups is 2. The van der Waals surface area contributed by atoms with Gasteiger partial charge in [-0.15, -0.1) is 0 Å². The van der Waals surface area contributed by atoms with Gasteiger partial charge in [0.25, 0.3) is 0 Å². The van der Waals surface area contributed by atoms with E-state index in [9.17, 15) is 36.6 Å². The second-order valence-corrected chi connectivity index (χ2v) is 21.0. The Morgan fingerprint density at radius 3 is 1.26 bits per heavy atom. The SMILES string of the molecule is CCC(O)(/C=C/c1ccc(C(CC)(CC)c2ccc(-c3ccc(CC(=O)OC)cc3)c(C)c2)cc1C)CC.CCC(O)(/C=C/c1ccc(C(CC)(CC)c2ccc(OS(=O)(=O)C(F)(F)F)c(C)c2)cc1C)CC. The maximum atomic E-state index is 12.7. The quantitative estimate of drug-likeness (QED) is 0.0428. The average molecular weight is 1030 g/mol. The summed E-state index contributed by atoms with van der Waals surface area (Å²) in [4.78, 5) is 11.6. The maximum absolute atomic E-state index is 12.7. The van der Waals surface area contributed by atoms with Crippen molar-refractivity contribution in [3.05, 3.63) is 170 Å². The number of aryl methyl sites for hydroxylation is 4. The highest BCUT2D eigenvalue weighted by Crippen LogP contribution is 2.43. The van der Waals surface area contributed by atoms with Gasteiger partial charge in [-0.25, -0.2) is 0 Å². The molecule has 0 heterocycles. The molecule has 73 heavy (non-hydrogen) atoms. The number of rotatable bonds is 21. The van der Waals surface area contributed by atoms with Crippen molar-refractivity contribution in [2.45, 2.75) is 168 Å². The average Bonchev–Trinajstić information content (AvgIpc) is 3.37. The molecule has 5 aromatic rings. The van der Waals surface area contributed by atoms with Crippen molar-refractivity contribution in [1.29, 1.82) is 0 Å². The number of esters is 1. The Morgan fingerprint density at radius 1 is 0.534 bits per heavy atom. The van der Waals surface area contributed by atoms with E-state index in [0.717, 1.165) is 64.6 Å². The first-order chi connectivity index (χ1) is 34.3. The molecule has 11 heteroatoms. The van der Waals surface area contributed by atoms with E-state index in [1.807, 2.05) is 91.0 Å². The first-order valence-electron chi connectivity index (χ1n) is 25.8. The van der Waals surface area contributed by atoms with Gasteiger partial charge >= 0.3 is 21.6 Å². The molecular weight excluding hydrogens is 946 g/mol. The molecule has 396 valence electrons. The van der Waals surface area contributed by atoms with Gasteiger partial charge in [-0.1, -0.05) is 171 Å². The number of halogens is 3. The molecule has 0 unspecified atom stereocenters. The van der Waals surface area contributed by atoms with Crippen molar-refractivity contribution in [1.82, 2.24) is 0 Å². The second kappa shape index (κ2) is 25.2. The van der Waals surface area contributed by atoms with E-state index in [0.29, 0.717) is 31.2 Å². The van der Waals surface area contributed by atoms with Crippen molar-refractivity contribution in [3.8, 4) is 16.9 Å². The summed E-state index contributed by atoms with van der Waals surface area (Å²) in [6, 6.07) is 32.6. The van der Waals surface area contributed by atoms with Gasteiger partial charge in [0.15, 0.2) is 0 Å². The number of ether oxygens (including phenoxy) is 1. The van der Waals surface area contributed by atoms with E-state index in [-0.39, 0.29) is 23.6 Å². The maximum Gasteiger partial charge on any atom is 0.534 e. The van der Waals surface area contributed by atoms with Crippen molar-refractivity contribution >= 4 is 28.2 Å². The van der Waals surface area contributed by atoms with Crippen LogP contribution < -0.4 is 4.18 Å². The molecule has 0 bridgehead atoms. The van der Waals surface area contributed by atoms with E-state index in [1.165, 1.54) is 47.9 Å². The van der Waals surface area contributed by atoms with Gasteiger partial charge in [-0.05, 0) is 157 Å². The first kappa shape index (κ1) is 60.1. The lowest BCUT2D eigenvalue weighted by Crippen LogP contribution is -2.29. The van der Waals surface area contributed by atoms with Crippen LogP contribution in [0.4, 0.5) is 13.2 Å². The van der Waals surface area contributed by atoms with Crippen LogP contribution in [0, 0.1) is 27.7 Å². The number of methoxy groups -OCH3 is 1. The molecule has 0 fully saturated rings. The van der Waals surface area contributed by atoms with Crippen LogP contribution in [0.2, 0.25) is 0 Å². The number of alkyl halides is 3. The number of carbonyl (C=O) groups is 1. The van der Waals surface area contributed by atoms with Crippen LogP contribution in [-0.2, 0) is 36.9 Å². The van der Waals surface area contributed by atoms with Crippen molar-refractivity contribution in [2.24, 2.45) is 0 Å². The summed E-state index contributed by atoms with van der Waals surface area (Å²) in [6.45, 7) is 24.4. The van der Waals surface area contributed by atoms with Crippen LogP contribution in [0.5, 0.6) is 5.75 Å². The number of carbonyl (C=O) groups excluding carboxylic acids is 1. The van der Waals surface area contributed by atoms with Gasteiger partial charge in [0, 0.05) is 10.8 Å². The smallest absolute Gasteiger partial charge is 0.469 e. The molecule has 0 saturated heterocycles. The monoisotopic (exact) mass is 1020 g/mol. The van der Waals surface area contributed by atoms with Crippen molar-refractivity contribution in [2.75, 3.05) is 7.11 Å². The summed E-state index contributed by atoms with van der Waals surface area (Å²) in [5, 5.41) is 21.2. The van der Waals surface area contributed by atoms with Gasteiger partial charge in [0.2, 0.25) is 0 Å². The van der Waals surface area contributed by atoms with E-state index >= 15 is 0 Å². The normalized spacial score (nSPS) is 12.8. The van der Waals surface area contributed by atoms with Crippen LogP contribution in [-0.4, -0.2) is 48.4 Å². The fourth-order valence-corrected chi connectivity index (χ4v) is 10.3. The summed E-state index contributed by atoms with van der Waals surface area (Å²) in [6.07, 6.45) is 14.2. The predicted molar refractivity (Wildman–Crippen MR) is 293 cm³/mol. The number of hydrogen-bond acceptors (Lipinski definition) is 7. The molecule has 7 nitrogen and oxygen atoms in total. The summed E-state index contributed by atoms with van der Waals surface area (Å²) in [7, 11) is -4.32. The minimum atomic E-state index is -5.74. The minimum Gasteiger partial charge on any atom is -0.469 e. The van der Waals surface area contributed by atoms with Gasteiger partial charge in [-0.3, -0.25) is 4.79 Å². The first-order valence-corrected chi connectivity index (χ1v) is 27.2. The zero-order valence-electron chi connectivity index (χ0n) is 45.4. The summed E-state index contributed by atoms with van der Waals surface area (Å²) in [5.41, 5.74) is 6.24. The highest BCUT2D eigenvalue weighted by Gasteiger charge is 2.49. The molecule has 5 aromatic carbocycles. The van der Waals surface area contributed by atoms with E-state index < -0.39 is 32.2 Å². The van der Waals surface area contributed by atoms with Crippen LogP contribution in [0.25, 0.3) is 23.3 Å². The van der Waals surface area contributed by atoms with Crippen LogP contribution in [0.15, 0.2) is 109 Å². The third-order valence-electron chi connectivity index (χ3n) is 15.5. The highest BCUT2D eigenvalue weighted by atomic mass is 32.2. The molecule has 0 radical (unpaired) electrons. The second-order valence-electron chi connectivity index (χ2n) is 19.5. The Hall–Kier alpha value is -5.49. The highest BCUT2D eigenvalue weighted by molar-refractivity contribution is 7.88. The zero-order valence-corrected chi connectivity index (χ0v) is 46.2. The van der Waals surface area contributed by atoms with Crippen LogP contribution >= 0.6 is 0 Å². The lowest BCUT2D eigenvalue weighted by Gasteiger charge is -2.34. The molecule has 0 aliphatic carbocycles. The Balaban J connectivity index is 0.000000318. The molecule has 0 amide bonds. The fourth-order valence-electron chi connectivity index (χ4n) is 9.78. The van der Waals surface area contributed by atoms with Gasteiger partial charge in [-0.2, -0.15) is 21.6 Å². The third kappa shape index (κ3) is 14.0. The molecule has 5 rings (SSSR count). The molecule has 0 aliphatic heterocycles.